The highest BCUT2D eigenvalue weighted by Crippen LogP contribution is 2.41. The maximum absolute atomic E-state index is 15.7. The fourth-order valence-corrected chi connectivity index (χ4v) is 5.34. The summed E-state index contributed by atoms with van der Waals surface area (Å²) >= 11 is 0. The number of imidazole rings is 1. The number of halogens is 1. The van der Waals surface area contributed by atoms with Crippen LogP contribution in [0.25, 0.3) is 16.9 Å². The lowest BCUT2D eigenvalue weighted by atomic mass is 9.94. The topological polar surface area (TPSA) is 120 Å². The lowest BCUT2D eigenvalue weighted by Crippen LogP contribution is -2.59. The van der Waals surface area contributed by atoms with E-state index >= 15 is 4.39 Å². The van der Waals surface area contributed by atoms with Gasteiger partial charge in [-0.3, -0.25) is 4.90 Å². The maximum atomic E-state index is 15.7. The van der Waals surface area contributed by atoms with E-state index in [1.807, 2.05) is 26.8 Å². The van der Waals surface area contributed by atoms with Gasteiger partial charge < -0.3 is 19.3 Å². The second-order valence-electron chi connectivity index (χ2n) is 10.8. The zero-order chi connectivity index (χ0) is 27.2. The van der Waals surface area contributed by atoms with Crippen molar-refractivity contribution in [3.63, 3.8) is 0 Å². The summed E-state index contributed by atoms with van der Waals surface area (Å²) in [5, 5.41) is 28.2. The molecule has 10 nitrogen and oxygen atoms in total. The van der Waals surface area contributed by atoms with Crippen LogP contribution in [0.5, 0.6) is 5.75 Å². The van der Waals surface area contributed by atoms with E-state index in [4.69, 9.17) is 10.00 Å². The van der Waals surface area contributed by atoms with E-state index in [-0.39, 0.29) is 17.5 Å². The second-order valence-corrected chi connectivity index (χ2v) is 10.8. The Hall–Kier alpha value is -4.20. The fraction of sp³-hybridized carbons (Fsp3) is 0.444. The number of fused-ring (bicyclic) bond motifs is 2. The van der Waals surface area contributed by atoms with E-state index in [1.165, 1.54) is 6.33 Å². The normalized spacial score (nSPS) is 22.7. The molecule has 3 aromatic rings. The van der Waals surface area contributed by atoms with Gasteiger partial charge in [0, 0.05) is 30.9 Å². The molecule has 11 heteroatoms. The van der Waals surface area contributed by atoms with Gasteiger partial charge in [0.25, 0.3) is 0 Å². The summed E-state index contributed by atoms with van der Waals surface area (Å²) < 4.78 is 22.9. The fourth-order valence-electron chi connectivity index (χ4n) is 5.34. The molecule has 0 saturated carbocycles. The molecule has 1 aromatic carbocycles. The number of carbonyl (C=O) groups excluding carboxylic acids is 1. The van der Waals surface area contributed by atoms with Crippen molar-refractivity contribution in [2.24, 2.45) is 0 Å². The summed E-state index contributed by atoms with van der Waals surface area (Å²) in [6.45, 7) is 5.42. The molecule has 2 aliphatic heterocycles. The number of ether oxygens (including phenoxy) is 1. The number of nitriles is 1. The van der Waals surface area contributed by atoms with Crippen LogP contribution >= 0.6 is 0 Å². The third kappa shape index (κ3) is 4.74. The van der Waals surface area contributed by atoms with Crippen LogP contribution in [-0.4, -0.2) is 72.8 Å². The zero-order valence-electron chi connectivity index (χ0n) is 21.7. The van der Waals surface area contributed by atoms with Gasteiger partial charge in [-0.25, -0.2) is 14.2 Å². The minimum atomic E-state index is -1.26. The first kappa shape index (κ1) is 25.4. The predicted molar refractivity (Wildman–Crippen MR) is 138 cm³/mol. The molecule has 5 rings (SSSR count). The van der Waals surface area contributed by atoms with Crippen LogP contribution in [0.15, 0.2) is 42.9 Å². The number of aromatic hydroxyl groups is 1. The molecular weight excluding hydrogens is 489 g/mol. The number of aromatic nitrogens is 4. The zero-order valence-corrected chi connectivity index (χ0v) is 21.7. The standard InChI is InChI=1S/C27H30FN7O3/c1-27(2,3)38-26(37)35-18-6-9-21(35)25(28)22(11-18)33(4)24-10-8-20(31-32-24)19-7-5-17(12-23(19)36)34-14-16(13-29)30-15-34/h5,7-8,10,12,14-15,18,21-22,25,36H,6,9,11H2,1-4H3. The van der Waals surface area contributed by atoms with Crippen molar-refractivity contribution in [3.8, 4) is 28.8 Å². The molecule has 38 heavy (non-hydrogen) atoms. The van der Waals surface area contributed by atoms with Gasteiger partial charge in [-0.15, -0.1) is 10.2 Å². The largest absolute Gasteiger partial charge is 0.507 e. The van der Waals surface area contributed by atoms with Crippen LogP contribution < -0.4 is 4.90 Å². The average Bonchev–Trinajstić information content (AvgIpc) is 3.49. The first-order valence-corrected chi connectivity index (χ1v) is 12.6. The van der Waals surface area contributed by atoms with E-state index < -0.39 is 29.9 Å². The molecule has 2 saturated heterocycles. The molecule has 4 unspecified atom stereocenters. The average molecular weight is 520 g/mol. The molecule has 4 heterocycles. The Morgan fingerprint density at radius 1 is 1.24 bits per heavy atom. The van der Waals surface area contributed by atoms with Gasteiger partial charge in [0.05, 0.1) is 23.5 Å². The van der Waals surface area contributed by atoms with Gasteiger partial charge in [-0.2, -0.15) is 5.26 Å². The van der Waals surface area contributed by atoms with Gasteiger partial charge in [-0.1, -0.05) is 0 Å². The second kappa shape index (κ2) is 9.59. The number of nitrogens with zero attached hydrogens (tertiary/aromatic N) is 7. The van der Waals surface area contributed by atoms with Crippen LogP contribution in [0.4, 0.5) is 15.0 Å². The van der Waals surface area contributed by atoms with E-state index in [1.54, 1.807) is 57.9 Å². The number of phenolic OH excluding ortho intramolecular Hbond substituents is 1. The van der Waals surface area contributed by atoms with Gasteiger partial charge in [0.1, 0.15) is 29.9 Å². The molecule has 0 aliphatic carbocycles. The summed E-state index contributed by atoms with van der Waals surface area (Å²) in [5.74, 6) is 0.505. The number of phenols is 1. The third-order valence-corrected chi connectivity index (χ3v) is 7.16. The van der Waals surface area contributed by atoms with E-state index in [2.05, 4.69) is 15.2 Å². The Bertz CT molecular complexity index is 1380. The highest BCUT2D eigenvalue weighted by molar-refractivity contribution is 5.70. The number of benzene rings is 1. The van der Waals surface area contributed by atoms with Gasteiger partial charge in [-0.05, 0) is 64.3 Å². The summed E-state index contributed by atoms with van der Waals surface area (Å²) in [6.07, 6.45) is 3.18. The van der Waals surface area contributed by atoms with Crippen LogP contribution in [0.2, 0.25) is 0 Å². The van der Waals surface area contributed by atoms with Crippen molar-refractivity contribution in [1.82, 2.24) is 24.6 Å². The molecule has 0 spiro atoms. The first-order chi connectivity index (χ1) is 18.1. The summed E-state index contributed by atoms with van der Waals surface area (Å²) in [6, 6.07) is 9.44. The first-order valence-electron chi connectivity index (χ1n) is 12.6. The van der Waals surface area contributed by atoms with Gasteiger partial charge >= 0.3 is 6.09 Å². The van der Waals surface area contributed by atoms with E-state index in [0.29, 0.717) is 35.6 Å². The van der Waals surface area contributed by atoms with Crippen molar-refractivity contribution in [1.29, 1.82) is 5.26 Å². The quantitative estimate of drug-likeness (QED) is 0.544. The Morgan fingerprint density at radius 2 is 2.03 bits per heavy atom. The molecule has 1 amide bonds. The smallest absolute Gasteiger partial charge is 0.410 e. The monoisotopic (exact) mass is 519 g/mol. The molecule has 2 bridgehead atoms. The predicted octanol–water partition coefficient (Wildman–Crippen LogP) is 4.22. The van der Waals surface area contributed by atoms with Crippen molar-refractivity contribution in [3.05, 3.63) is 48.5 Å². The van der Waals surface area contributed by atoms with Crippen LogP contribution in [0, 0.1) is 11.3 Å². The molecule has 198 valence electrons. The van der Waals surface area contributed by atoms with Crippen molar-refractivity contribution < 1.29 is 19.0 Å². The number of anilines is 1. The molecular formula is C27H30FN7O3. The van der Waals surface area contributed by atoms with Crippen molar-refractivity contribution >= 4 is 11.9 Å². The molecule has 2 fully saturated rings. The maximum Gasteiger partial charge on any atom is 0.410 e. The minimum Gasteiger partial charge on any atom is -0.507 e. The Kier molecular flexibility index (Phi) is 6.42. The summed E-state index contributed by atoms with van der Waals surface area (Å²) in [5.41, 5.74) is 1.24. The molecule has 4 atom stereocenters. The number of rotatable bonds is 4. The number of carbonyl (C=O) groups is 1. The van der Waals surface area contributed by atoms with Gasteiger partial charge in [0.2, 0.25) is 0 Å². The van der Waals surface area contributed by atoms with E-state index in [0.717, 1.165) is 6.42 Å². The van der Waals surface area contributed by atoms with Crippen LogP contribution in [0.3, 0.4) is 0 Å². The summed E-state index contributed by atoms with van der Waals surface area (Å²) in [7, 11) is 1.79. The summed E-state index contributed by atoms with van der Waals surface area (Å²) in [4.78, 5) is 20.1. The highest BCUT2D eigenvalue weighted by atomic mass is 19.1. The van der Waals surface area contributed by atoms with Crippen molar-refractivity contribution in [2.75, 3.05) is 11.9 Å². The Labute approximate surface area is 220 Å². The number of piperidine rings is 1. The molecule has 1 N–H and O–H groups in total. The van der Waals surface area contributed by atoms with Gasteiger partial charge in [0.15, 0.2) is 11.5 Å². The number of hydrogen-bond donors (Lipinski definition) is 1. The number of hydrogen-bond acceptors (Lipinski definition) is 8. The lowest BCUT2D eigenvalue weighted by molar-refractivity contribution is -0.0104. The lowest BCUT2D eigenvalue weighted by Gasteiger charge is -2.44. The minimum absolute atomic E-state index is 0.0000227. The van der Waals surface area contributed by atoms with E-state index in [9.17, 15) is 9.90 Å². The van der Waals surface area contributed by atoms with Crippen LogP contribution in [-0.2, 0) is 4.74 Å². The SMILES string of the molecule is CN(c1ccc(-c2ccc(-n3cnc(C#N)c3)cc2O)nn1)C1CC2CCC(C1F)N2C(=O)OC(C)(C)C. The van der Waals surface area contributed by atoms with Crippen LogP contribution in [0.1, 0.15) is 45.7 Å². The van der Waals surface area contributed by atoms with Crippen molar-refractivity contribution in [2.45, 2.75) is 69.9 Å². The molecule has 0 radical (unpaired) electrons. The molecule has 2 aromatic heterocycles. The molecule has 2 aliphatic rings. The number of alkyl halides is 1. The Balaban J connectivity index is 1.30. The highest BCUT2D eigenvalue weighted by Gasteiger charge is 2.52. The Morgan fingerprint density at radius 3 is 2.66 bits per heavy atom. The third-order valence-electron chi connectivity index (χ3n) is 7.16. The number of amides is 1.